The lowest BCUT2D eigenvalue weighted by Crippen LogP contribution is -2.48. The summed E-state index contributed by atoms with van der Waals surface area (Å²) in [5, 5.41) is 2.87. The molecule has 1 saturated heterocycles. The molecule has 0 aromatic heterocycles. The van der Waals surface area contributed by atoms with Crippen molar-refractivity contribution in [2.24, 2.45) is 16.2 Å². The molecule has 16 nitrogen and oxygen atoms in total. The average Bonchev–Trinajstić information content (AvgIpc) is 4.03. The molecular formula is C63H106N2O14. The van der Waals surface area contributed by atoms with Crippen LogP contribution in [0.5, 0.6) is 0 Å². The lowest BCUT2D eigenvalue weighted by atomic mass is 9.55. The van der Waals surface area contributed by atoms with Crippen molar-refractivity contribution in [2.45, 2.75) is 252 Å². The fourth-order valence-electron chi connectivity index (χ4n) is 11.0. The number of ether oxygens (including phenoxy) is 7. The highest BCUT2D eigenvalue weighted by molar-refractivity contribution is 5.77. The first kappa shape index (κ1) is 68.8. The van der Waals surface area contributed by atoms with Crippen molar-refractivity contribution in [2.75, 3.05) is 65.8 Å². The van der Waals surface area contributed by atoms with E-state index in [2.05, 4.69) is 50.1 Å². The van der Waals surface area contributed by atoms with Gasteiger partial charge in [-0.2, -0.15) is 0 Å². The number of nitrogens with zero attached hydrogens (tertiary/aromatic N) is 1. The summed E-state index contributed by atoms with van der Waals surface area (Å²) in [5.74, 6) is -2.81. The van der Waals surface area contributed by atoms with Gasteiger partial charge in [0.05, 0.1) is 18.6 Å². The van der Waals surface area contributed by atoms with Gasteiger partial charge < -0.3 is 43.4 Å². The van der Waals surface area contributed by atoms with Crippen LogP contribution in [0.1, 0.15) is 246 Å². The second-order valence-corrected chi connectivity index (χ2v) is 23.3. The average molecular weight is 1120 g/mol. The van der Waals surface area contributed by atoms with E-state index in [-0.39, 0.29) is 68.5 Å². The Bertz CT molecular complexity index is 1740. The van der Waals surface area contributed by atoms with Crippen LogP contribution in [0, 0.1) is 16.2 Å². The zero-order valence-corrected chi connectivity index (χ0v) is 49.7. The molecule has 1 unspecified atom stereocenters. The predicted molar refractivity (Wildman–Crippen MR) is 306 cm³/mol. The number of allylic oxidation sites excluding steroid dienone is 2. The van der Waals surface area contributed by atoms with Gasteiger partial charge in [0.15, 0.2) is 0 Å². The summed E-state index contributed by atoms with van der Waals surface area (Å²) in [5.41, 5.74) is -2.14. The van der Waals surface area contributed by atoms with Crippen molar-refractivity contribution in [1.29, 1.82) is 0 Å². The third-order valence-electron chi connectivity index (χ3n) is 15.8. The number of hydrogen-bond acceptors (Lipinski definition) is 15. The fourth-order valence-corrected chi connectivity index (χ4v) is 11.0. The topological polar surface area (TPSA) is 199 Å². The van der Waals surface area contributed by atoms with Gasteiger partial charge in [0.2, 0.25) is 0 Å². The van der Waals surface area contributed by atoms with Gasteiger partial charge in [0.1, 0.15) is 37.9 Å². The molecule has 452 valence electrons. The second-order valence-electron chi connectivity index (χ2n) is 23.3. The van der Waals surface area contributed by atoms with Gasteiger partial charge in [-0.15, -0.1) is 0 Å². The molecule has 3 rings (SSSR count). The van der Waals surface area contributed by atoms with Gasteiger partial charge in [0, 0.05) is 45.2 Å². The minimum Gasteiger partial charge on any atom is -0.465 e. The Morgan fingerprint density at radius 3 is 1.47 bits per heavy atom. The van der Waals surface area contributed by atoms with Crippen LogP contribution >= 0.6 is 0 Å². The van der Waals surface area contributed by atoms with Crippen LogP contribution in [0.15, 0.2) is 24.3 Å². The van der Waals surface area contributed by atoms with Crippen molar-refractivity contribution >= 4 is 41.9 Å². The Balaban J connectivity index is 1.71. The number of nitrogens with one attached hydrogen (secondary N) is 1. The van der Waals surface area contributed by atoms with E-state index in [1.807, 2.05) is 12.2 Å². The third-order valence-corrected chi connectivity index (χ3v) is 15.8. The van der Waals surface area contributed by atoms with Crippen molar-refractivity contribution in [3.05, 3.63) is 24.3 Å². The van der Waals surface area contributed by atoms with E-state index in [9.17, 15) is 33.6 Å². The van der Waals surface area contributed by atoms with Gasteiger partial charge in [0.25, 0.3) is 0 Å². The first-order chi connectivity index (χ1) is 38.2. The van der Waals surface area contributed by atoms with Crippen LogP contribution in [0.3, 0.4) is 0 Å². The van der Waals surface area contributed by atoms with Gasteiger partial charge in [-0.25, -0.2) is 4.79 Å². The Hall–Kier alpha value is -4.47. The normalized spacial score (nSPS) is 18.7. The van der Waals surface area contributed by atoms with Crippen LogP contribution in [0.4, 0.5) is 4.79 Å². The van der Waals surface area contributed by atoms with E-state index in [4.69, 9.17) is 33.2 Å². The molecule has 3 aliphatic rings. The number of rotatable bonds is 45. The van der Waals surface area contributed by atoms with Crippen LogP contribution in [-0.4, -0.2) is 119 Å². The quantitative estimate of drug-likeness (QED) is 0.0261. The summed E-state index contributed by atoms with van der Waals surface area (Å²) in [6.07, 6.45) is 32.1. The Morgan fingerprint density at radius 1 is 0.506 bits per heavy atom. The van der Waals surface area contributed by atoms with Crippen LogP contribution in [0.25, 0.3) is 0 Å². The number of amides is 1. The summed E-state index contributed by atoms with van der Waals surface area (Å²) >= 11 is 0. The first-order valence-corrected chi connectivity index (χ1v) is 31.2. The van der Waals surface area contributed by atoms with Crippen molar-refractivity contribution < 1.29 is 66.7 Å². The molecule has 2 bridgehead atoms. The van der Waals surface area contributed by atoms with Crippen LogP contribution < -0.4 is 5.32 Å². The first-order valence-electron chi connectivity index (χ1n) is 31.2. The van der Waals surface area contributed by atoms with Crippen molar-refractivity contribution in [3.8, 4) is 0 Å². The highest BCUT2D eigenvalue weighted by Crippen LogP contribution is 2.56. The standard InChI is InChI=1S/C63H106N2O14/c1-5-8-11-14-16-18-27-46-73-54(66)32-21-23-34-56(68)75-49-62(52-78-59(71)63-40-29-38-61(4,48-63)39-30-41-63,50-76-57(69)35-24-22-33-55(67)74-47-28-19-17-15-12-9-6-2)51-77-58(70)37-36-53(31-20-13-10-7-3)79-60(72)64-42-45-65-43-25-26-44-65/h16-19,53H,5-15,20-52H2,1-4H3,(H,64,72)/b18-16-,19-17-. The van der Waals surface area contributed by atoms with Crippen LogP contribution in [0.2, 0.25) is 0 Å². The smallest absolute Gasteiger partial charge is 0.407 e. The molecule has 3 fully saturated rings. The summed E-state index contributed by atoms with van der Waals surface area (Å²) < 4.78 is 40.6. The number of carbonyl (C=O) groups excluding carboxylic acids is 7. The number of carbonyl (C=O) groups is 7. The highest BCUT2D eigenvalue weighted by Gasteiger charge is 2.51. The van der Waals surface area contributed by atoms with E-state index in [0.29, 0.717) is 84.0 Å². The van der Waals surface area contributed by atoms with E-state index >= 15 is 0 Å². The number of unbranched alkanes of at least 4 members (excludes halogenated alkanes) is 11. The summed E-state index contributed by atoms with van der Waals surface area (Å²) in [7, 11) is 0. The van der Waals surface area contributed by atoms with E-state index in [1.54, 1.807) is 0 Å². The maximum Gasteiger partial charge on any atom is 0.407 e. The molecule has 0 spiro atoms. The minimum atomic E-state index is -1.49. The maximum absolute atomic E-state index is 14.3. The molecular weight excluding hydrogens is 1010 g/mol. The molecule has 1 N–H and O–H groups in total. The molecule has 1 atom stereocenters. The lowest BCUT2D eigenvalue weighted by Gasteiger charge is -2.49. The van der Waals surface area contributed by atoms with Crippen molar-refractivity contribution in [3.63, 3.8) is 0 Å². The summed E-state index contributed by atoms with van der Waals surface area (Å²) in [6.45, 7) is 10.9. The number of alkyl carbamates (subject to hydrolysis) is 1. The number of likely N-dealkylation sites (tertiary alicyclic amines) is 1. The van der Waals surface area contributed by atoms with E-state index in [1.165, 1.54) is 12.8 Å². The summed E-state index contributed by atoms with van der Waals surface area (Å²) in [4.78, 5) is 95.2. The van der Waals surface area contributed by atoms with Gasteiger partial charge in [-0.1, -0.05) is 110 Å². The van der Waals surface area contributed by atoms with Gasteiger partial charge in [-0.05, 0) is 147 Å². The number of esters is 6. The number of hydrogen-bond donors (Lipinski definition) is 1. The summed E-state index contributed by atoms with van der Waals surface area (Å²) in [6, 6.07) is 0. The molecule has 2 saturated carbocycles. The molecule has 1 heterocycles. The SMILES string of the molecule is CCCCC/C=C\CCOC(=O)CCCCC(=O)OCC(COC(=O)CCCCC(=O)OCC/C=C\CCCCC)(COC(=O)CCC(CCCCCC)OC(=O)NCCN1CCCC1)COC(=O)C12CCCC(C)(CCC1)C2. The third kappa shape index (κ3) is 31.4. The monoisotopic (exact) mass is 1110 g/mol. The zero-order valence-electron chi connectivity index (χ0n) is 49.7. The molecule has 79 heavy (non-hydrogen) atoms. The minimum absolute atomic E-state index is 0.0193. The van der Waals surface area contributed by atoms with Crippen LogP contribution in [-0.2, 0) is 61.9 Å². The van der Waals surface area contributed by atoms with Gasteiger partial charge in [-0.3, -0.25) is 28.8 Å². The lowest BCUT2D eigenvalue weighted by molar-refractivity contribution is -0.180. The highest BCUT2D eigenvalue weighted by atomic mass is 16.6. The molecule has 1 amide bonds. The zero-order chi connectivity index (χ0) is 57.3. The molecule has 0 aromatic rings. The molecule has 1 aliphatic heterocycles. The fraction of sp³-hybridized carbons (Fsp3) is 0.825. The number of fused-ring (bicyclic) bond motifs is 2. The second kappa shape index (κ2) is 41.5. The Labute approximate surface area is 475 Å². The van der Waals surface area contributed by atoms with Gasteiger partial charge >= 0.3 is 41.9 Å². The largest absolute Gasteiger partial charge is 0.465 e. The molecule has 16 heteroatoms. The van der Waals surface area contributed by atoms with E-state index in [0.717, 1.165) is 122 Å². The Kier molecular flexibility index (Phi) is 36.2. The molecule has 0 aromatic carbocycles. The predicted octanol–water partition coefficient (Wildman–Crippen LogP) is 13.1. The Morgan fingerprint density at radius 2 is 0.962 bits per heavy atom. The van der Waals surface area contributed by atoms with E-state index < -0.39 is 60.8 Å². The molecule has 2 aliphatic carbocycles. The molecule has 0 radical (unpaired) electrons. The maximum atomic E-state index is 14.3. The van der Waals surface area contributed by atoms with Crippen molar-refractivity contribution in [1.82, 2.24) is 10.2 Å².